The highest BCUT2D eigenvalue weighted by atomic mass is 16.1. The molecule has 0 bridgehead atoms. The third kappa shape index (κ3) is 3.89. The van der Waals surface area contributed by atoms with Gasteiger partial charge in [0.25, 0.3) is 5.91 Å². The number of aryl methyl sites for hydroxylation is 1. The van der Waals surface area contributed by atoms with Crippen molar-refractivity contribution in [1.82, 2.24) is 20.0 Å². The van der Waals surface area contributed by atoms with Crippen molar-refractivity contribution in [3.05, 3.63) is 29.1 Å². The third-order valence-electron chi connectivity index (χ3n) is 5.16. The number of hydrogen-bond acceptors (Lipinski definition) is 3. The van der Waals surface area contributed by atoms with Gasteiger partial charge in [0.1, 0.15) is 0 Å². The second-order valence-corrected chi connectivity index (χ2v) is 8.13. The molecule has 0 atom stereocenters. The van der Waals surface area contributed by atoms with Crippen LogP contribution >= 0.6 is 0 Å². The minimum atomic E-state index is 0.0212. The fourth-order valence-corrected chi connectivity index (χ4v) is 3.48. The minimum absolute atomic E-state index is 0.0212. The van der Waals surface area contributed by atoms with Crippen LogP contribution in [0.3, 0.4) is 0 Å². The molecule has 1 N–H and O–H groups in total. The van der Waals surface area contributed by atoms with Crippen molar-refractivity contribution in [3.8, 4) is 0 Å². The lowest BCUT2D eigenvalue weighted by atomic mass is 9.83. The zero-order valence-corrected chi connectivity index (χ0v) is 15.4. The van der Waals surface area contributed by atoms with Crippen molar-refractivity contribution >= 4 is 5.91 Å². The Balaban J connectivity index is 1.47. The molecule has 1 aromatic heterocycles. The molecular weight excluding hydrogens is 300 g/mol. The summed E-state index contributed by atoms with van der Waals surface area (Å²) in [7, 11) is 1.93. The number of nitrogens with zero attached hydrogens (tertiary/aromatic N) is 3. The van der Waals surface area contributed by atoms with Crippen LogP contribution in [0.4, 0.5) is 0 Å². The summed E-state index contributed by atoms with van der Waals surface area (Å²) in [5, 5.41) is 7.34. The lowest BCUT2D eigenvalue weighted by Crippen LogP contribution is -2.38. The molecule has 3 rings (SSSR count). The monoisotopic (exact) mass is 330 g/mol. The predicted molar refractivity (Wildman–Crippen MR) is 96.1 cm³/mol. The summed E-state index contributed by atoms with van der Waals surface area (Å²) in [4.78, 5) is 14.8. The van der Waals surface area contributed by atoms with Crippen LogP contribution < -0.4 is 5.32 Å². The highest BCUT2D eigenvalue weighted by Gasteiger charge is 2.31. The Bertz CT molecular complexity index is 634. The second-order valence-electron chi connectivity index (χ2n) is 8.13. The van der Waals surface area contributed by atoms with E-state index in [4.69, 9.17) is 0 Å². The Morgan fingerprint density at radius 1 is 1.38 bits per heavy atom. The van der Waals surface area contributed by atoms with Crippen LogP contribution in [0.5, 0.6) is 0 Å². The van der Waals surface area contributed by atoms with Crippen molar-refractivity contribution in [2.45, 2.75) is 46.0 Å². The minimum Gasteiger partial charge on any atom is -0.351 e. The summed E-state index contributed by atoms with van der Waals surface area (Å²) in [6, 6.07) is 0. The van der Waals surface area contributed by atoms with E-state index in [2.05, 4.69) is 42.2 Å². The SMILES string of the molecule is Cn1ncc(C(=O)NCCN2CC=C(C(C)(C)C)CC2)c1C1CC1. The number of aromatic nitrogens is 2. The van der Waals surface area contributed by atoms with Crippen molar-refractivity contribution < 1.29 is 4.79 Å². The van der Waals surface area contributed by atoms with E-state index >= 15 is 0 Å². The number of amides is 1. The predicted octanol–water partition coefficient (Wildman–Crippen LogP) is 2.71. The van der Waals surface area contributed by atoms with Crippen LogP contribution in [-0.4, -0.2) is 46.8 Å². The molecule has 0 unspecified atom stereocenters. The molecule has 2 heterocycles. The number of rotatable bonds is 5. The fourth-order valence-electron chi connectivity index (χ4n) is 3.48. The first kappa shape index (κ1) is 17.2. The number of nitrogens with one attached hydrogen (secondary N) is 1. The Morgan fingerprint density at radius 2 is 2.12 bits per heavy atom. The quantitative estimate of drug-likeness (QED) is 0.845. The zero-order chi connectivity index (χ0) is 17.3. The average Bonchev–Trinajstić information content (AvgIpc) is 3.29. The Kier molecular flexibility index (Phi) is 4.81. The van der Waals surface area contributed by atoms with Gasteiger partial charge in [0, 0.05) is 39.1 Å². The van der Waals surface area contributed by atoms with Gasteiger partial charge >= 0.3 is 0 Å². The smallest absolute Gasteiger partial charge is 0.254 e. The van der Waals surface area contributed by atoms with Crippen LogP contribution in [-0.2, 0) is 7.05 Å². The summed E-state index contributed by atoms with van der Waals surface area (Å²) < 4.78 is 1.86. The molecular formula is C19H30N4O. The lowest BCUT2D eigenvalue weighted by molar-refractivity contribution is 0.0947. The van der Waals surface area contributed by atoms with E-state index in [1.807, 2.05) is 11.7 Å². The third-order valence-corrected chi connectivity index (χ3v) is 5.16. The zero-order valence-electron chi connectivity index (χ0n) is 15.4. The first-order valence-corrected chi connectivity index (χ1v) is 9.08. The Labute approximate surface area is 145 Å². The van der Waals surface area contributed by atoms with Crippen molar-refractivity contribution in [3.63, 3.8) is 0 Å². The van der Waals surface area contributed by atoms with E-state index in [1.54, 1.807) is 11.8 Å². The molecule has 5 heteroatoms. The molecule has 0 saturated heterocycles. The maximum Gasteiger partial charge on any atom is 0.254 e. The van der Waals surface area contributed by atoms with E-state index in [1.165, 1.54) is 12.8 Å². The standard InChI is InChI=1S/C19H30N4O/c1-19(2,3)15-7-10-23(11-8-15)12-9-20-18(24)16-13-21-22(4)17(16)14-5-6-14/h7,13-14H,5-6,8-12H2,1-4H3,(H,20,24). The van der Waals surface area contributed by atoms with E-state index < -0.39 is 0 Å². The highest BCUT2D eigenvalue weighted by Crippen LogP contribution is 2.41. The molecule has 1 saturated carbocycles. The normalized spacial score (nSPS) is 19.2. The van der Waals surface area contributed by atoms with Crippen LogP contribution in [0.25, 0.3) is 0 Å². The highest BCUT2D eigenvalue weighted by molar-refractivity contribution is 5.95. The molecule has 1 fully saturated rings. The topological polar surface area (TPSA) is 50.2 Å². The molecule has 0 radical (unpaired) electrons. The molecule has 1 aromatic rings. The van der Waals surface area contributed by atoms with Gasteiger partial charge in [-0.2, -0.15) is 5.10 Å². The van der Waals surface area contributed by atoms with E-state index in [0.717, 1.165) is 37.3 Å². The summed E-state index contributed by atoms with van der Waals surface area (Å²) in [5.41, 5.74) is 3.68. The molecule has 132 valence electrons. The molecule has 24 heavy (non-hydrogen) atoms. The Hall–Kier alpha value is -1.62. The second kappa shape index (κ2) is 6.71. The number of carbonyl (C=O) groups is 1. The van der Waals surface area contributed by atoms with E-state index in [0.29, 0.717) is 12.5 Å². The van der Waals surface area contributed by atoms with E-state index in [9.17, 15) is 4.79 Å². The average molecular weight is 330 g/mol. The van der Waals surface area contributed by atoms with Crippen LogP contribution in [0.1, 0.15) is 62.0 Å². The van der Waals surface area contributed by atoms with Crippen molar-refractivity contribution in [1.29, 1.82) is 0 Å². The molecule has 0 aromatic carbocycles. The van der Waals surface area contributed by atoms with Gasteiger partial charge in [-0.15, -0.1) is 0 Å². The lowest BCUT2D eigenvalue weighted by Gasteiger charge is -2.32. The van der Waals surface area contributed by atoms with Crippen molar-refractivity contribution in [2.75, 3.05) is 26.2 Å². The molecule has 2 aliphatic rings. The maximum absolute atomic E-state index is 12.4. The first-order valence-electron chi connectivity index (χ1n) is 9.08. The number of hydrogen-bond donors (Lipinski definition) is 1. The van der Waals surface area contributed by atoms with Crippen LogP contribution in [0.15, 0.2) is 17.8 Å². The summed E-state index contributed by atoms with van der Waals surface area (Å²) in [5.74, 6) is 0.550. The van der Waals surface area contributed by atoms with Crippen LogP contribution in [0, 0.1) is 5.41 Å². The van der Waals surface area contributed by atoms with Gasteiger partial charge in [0.05, 0.1) is 17.5 Å². The van der Waals surface area contributed by atoms with Gasteiger partial charge < -0.3 is 5.32 Å². The molecule has 1 aliphatic heterocycles. The molecule has 5 nitrogen and oxygen atoms in total. The molecule has 0 spiro atoms. The van der Waals surface area contributed by atoms with Gasteiger partial charge in [-0.05, 0) is 24.7 Å². The van der Waals surface area contributed by atoms with Gasteiger partial charge in [-0.25, -0.2) is 0 Å². The molecule has 1 aliphatic carbocycles. The molecule has 1 amide bonds. The van der Waals surface area contributed by atoms with Gasteiger partial charge in [-0.3, -0.25) is 14.4 Å². The summed E-state index contributed by atoms with van der Waals surface area (Å²) in [6.45, 7) is 10.5. The van der Waals surface area contributed by atoms with Crippen molar-refractivity contribution in [2.24, 2.45) is 12.5 Å². The van der Waals surface area contributed by atoms with Crippen LogP contribution in [0.2, 0.25) is 0 Å². The number of carbonyl (C=O) groups excluding carboxylic acids is 1. The van der Waals surface area contributed by atoms with E-state index in [-0.39, 0.29) is 11.3 Å². The van der Waals surface area contributed by atoms with Gasteiger partial charge in [-0.1, -0.05) is 32.4 Å². The fraction of sp³-hybridized carbons (Fsp3) is 0.684. The Morgan fingerprint density at radius 3 is 2.71 bits per heavy atom. The largest absolute Gasteiger partial charge is 0.351 e. The maximum atomic E-state index is 12.4. The summed E-state index contributed by atoms with van der Waals surface area (Å²) >= 11 is 0. The van der Waals surface area contributed by atoms with Gasteiger partial charge in [0.15, 0.2) is 0 Å². The first-order chi connectivity index (χ1) is 11.4. The summed E-state index contributed by atoms with van der Waals surface area (Å²) in [6.07, 6.45) is 7.55. The van der Waals surface area contributed by atoms with Gasteiger partial charge in [0.2, 0.25) is 0 Å².